The summed E-state index contributed by atoms with van der Waals surface area (Å²) >= 11 is 2.06. The van der Waals surface area contributed by atoms with Crippen LogP contribution in [0.15, 0.2) is 17.0 Å². The molecule has 0 saturated heterocycles. The van der Waals surface area contributed by atoms with Gasteiger partial charge >= 0.3 is 0 Å². The molecular weight excluding hydrogens is 226 g/mol. The van der Waals surface area contributed by atoms with Crippen molar-refractivity contribution in [1.82, 2.24) is 5.32 Å². The van der Waals surface area contributed by atoms with Crippen molar-refractivity contribution in [3.05, 3.63) is 28.8 Å². The highest BCUT2D eigenvalue weighted by Crippen LogP contribution is 2.46. The summed E-state index contributed by atoms with van der Waals surface area (Å²) < 4.78 is 0. The first-order valence-corrected chi connectivity index (χ1v) is 7.56. The average molecular weight is 249 g/mol. The predicted octanol–water partition coefficient (Wildman–Crippen LogP) is 4.23. The van der Waals surface area contributed by atoms with Crippen molar-refractivity contribution in [3.8, 4) is 0 Å². The molecule has 1 aromatic rings. The molecule has 1 aliphatic heterocycles. The molecule has 0 fully saturated rings. The highest BCUT2D eigenvalue weighted by Gasteiger charge is 2.31. The lowest BCUT2D eigenvalue weighted by molar-refractivity contribution is 0.510. The second-order valence-electron chi connectivity index (χ2n) is 4.97. The summed E-state index contributed by atoms with van der Waals surface area (Å²) in [6.07, 6.45) is 2.44. The SMILES string of the molecule is CCCNC1c2cc(C)c(C)cc2SC1CC. The molecule has 1 aromatic carbocycles. The first-order chi connectivity index (χ1) is 8.17. The Morgan fingerprint density at radius 1 is 1.18 bits per heavy atom. The van der Waals surface area contributed by atoms with Crippen molar-refractivity contribution < 1.29 is 0 Å². The summed E-state index contributed by atoms with van der Waals surface area (Å²) in [4.78, 5) is 1.49. The zero-order chi connectivity index (χ0) is 12.4. The Hall–Kier alpha value is -0.470. The second-order valence-corrected chi connectivity index (χ2v) is 6.25. The third kappa shape index (κ3) is 2.53. The molecule has 1 aliphatic rings. The van der Waals surface area contributed by atoms with Gasteiger partial charge in [0, 0.05) is 16.2 Å². The van der Waals surface area contributed by atoms with Gasteiger partial charge in [0.05, 0.1) is 0 Å². The molecule has 1 N–H and O–H groups in total. The molecule has 0 amide bonds. The number of nitrogens with one attached hydrogen (secondary N) is 1. The molecule has 94 valence electrons. The fourth-order valence-electron chi connectivity index (χ4n) is 2.45. The Bertz CT molecular complexity index is 400. The van der Waals surface area contributed by atoms with Crippen molar-refractivity contribution >= 4 is 11.8 Å². The van der Waals surface area contributed by atoms with Crippen LogP contribution in [0.2, 0.25) is 0 Å². The van der Waals surface area contributed by atoms with Crippen molar-refractivity contribution in [3.63, 3.8) is 0 Å². The Labute approximate surface area is 109 Å². The van der Waals surface area contributed by atoms with Crippen LogP contribution >= 0.6 is 11.8 Å². The Balaban J connectivity index is 2.30. The minimum absolute atomic E-state index is 0.555. The van der Waals surface area contributed by atoms with Gasteiger partial charge in [-0.25, -0.2) is 0 Å². The summed E-state index contributed by atoms with van der Waals surface area (Å²) in [6, 6.07) is 5.31. The summed E-state index contributed by atoms with van der Waals surface area (Å²) in [5.41, 5.74) is 4.37. The Kier molecular flexibility index (Phi) is 4.16. The fraction of sp³-hybridized carbons (Fsp3) is 0.600. The average Bonchev–Trinajstić information content (AvgIpc) is 2.64. The van der Waals surface area contributed by atoms with Crippen LogP contribution in [0.1, 0.15) is 49.4 Å². The van der Waals surface area contributed by atoms with E-state index in [-0.39, 0.29) is 0 Å². The van der Waals surface area contributed by atoms with Gasteiger partial charge in [0.25, 0.3) is 0 Å². The number of benzene rings is 1. The largest absolute Gasteiger partial charge is 0.309 e. The van der Waals surface area contributed by atoms with Gasteiger partial charge in [-0.1, -0.05) is 19.9 Å². The van der Waals surface area contributed by atoms with E-state index in [4.69, 9.17) is 0 Å². The number of fused-ring (bicyclic) bond motifs is 1. The molecule has 2 heteroatoms. The molecule has 0 radical (unpaired) electrons. The molecule has 2 unspecified atom stereocenters. The molecule has 2 rings (SSSR count). The maximum Gasteiger partial charge on any atom is 0.0455 e. The van der Waals surface area contributed by atoms with E-state index in [0.29, 0.717) is 11.3 Å². The first kappa shape index (κ1) is 13.0. The molecule has 1 heterocycles. The third-order valence-electron chi connectivity index (χ3n) is 3.63. The van der Waals surface area contributed by atoms with Crippen LogP contribution in [0.25, 0.3) is 0 Å². The van der Waals surface area contributed by atoms with Crippen LogP contribution in [0.3, 0.4) is 0 Å². The molecular formula is C15H23NS. The van der Waals surface area contributed by atoms with E-state index in [2.05, 4.69) is 56.9 Å². The molecule has 1 nitrogen and oxygen atoms in total. The zero-order valence-electron chi connectivity index (χ0n) is 11.3. The summed E-state index contributed by atoms with van der Waals surface area (Å²) in [5.74, 6) is 0. The molecule has 0 aliphatic carbocycles. The number of thioether (sulfide) groups is 1. The molecule has 2 atom stereocenters. The quantitative estimate of drug-likeness (QED) is 0.857. The lowest BCUT2D eigenvalue weighted by Gasteiger charge is -2.19. The van der Waals surface area contributed by atoms with Gasteiger partial charge in [-0.3, -0.25) is 0 Å². The van der Waals surface area contributed by atoms with Gasteiger partial charge < -0.3 is 5.32 Å². The van der Waals surface area contributed by atoms with Gasteiger partial charge in [0.15, 0.2) is 0 Å². The summed E-state index contributed by atoms with van der Waals surface area (Å²) in [7, 11) is 0. The van der Waals surface area contributed by atoms with E-state index in [9.17, 15) is 0 Å². The highest BCUT2D eigenvalue weighted by molar-refractivity contribution is 8.00. The lowest BCUT2D eigenvalue weighted by atomic mass is 9.98. The molecule has 0 aromatic heterocycles. The highest BCUT2D eigenvalue weighted by atomic mass is 32.2. The van der Waals surface area contributed by atoms with Crippen molar-refractivity contribution in [1.29, 1.82) is 0 Å². The monoisotopic (exact) mass is 249 g/mol. The van der Waals surface area contributed by atoms with E-state index in [1.807, 2.05) is 0 Å². The normalized spacial score (nSPS) is 22.8. The zero-order valence-corrected chi connectivity index (χ0v) is 12.2. The van der Waals surface area contributed by atoms with E-state index in [1.165, 1.54) is 34.4 Å². The third-order valence-corrected chi connectivity index (χ3v) is 5.14. The van der Waals surface area contributed by atoms with Crippen LogP contribution in [0, 0.1) is 13.8 Å². The van der Waals surface area contributed by atoms with Crippen LogP contribution in [0.5, 0.6) is 0 Å². The smallest absolute Gasteiger partial charge is 0.0455 e. The molecule has 0 saturated carbocycles. The van der Waals surface area contributed by atoms with Gasteiger partial charge in [-0.05, 0) is 56.0 Å². The Morgan fingerprint density at radius 3 is 2.53 bits per heavy atom. The van der Waals surface area contributed by atoms with E-state index < -0.39 is 0 Å². The molecule has 0 spiro atoms. The lowest BCUT2D eigenvalue weighted by Crippen LogP contribution is -2.27. The molecule has 0 bridgehead atoms. The van der Waals surface area contributed by atoms with Crippen molar-refractivity contribution in [2.45, 2.75) is 56.7 Å². The maximum absolute atomic E-state index is 3.71. The van der Waals surface area contributed by atoms with Gasteiger partial charge in [-0.2, -0.15) is 0 Å². The van der Waals surface area contributed by atoms with E-state index in [1.54, 1.807) is 0 Å². The van der Waals surface area contributed by atoms with Crippen molar-refractivity contribution in [2.75, 3.05) is 6.54 Å². The van der Waals surface area contributed by atoms with Gasteiger partial charge in [-0.15, -0.1) is 11.8 Å². The molecule has 17 heavy (non-hydrogen) atoms. The van der Waals surface area contributed by atoms with Gasteiger partial charge in [0.1, 0.15) is 0 Å². The predicted molar refractivity (Wildman–Crippen MR) is 76.9 cm³/mol. The number of hydrogen-bond donors (Lipinski definition) is 1. The van der Waals surface area contributed by atoms with Crippen LogP contribution in [0.4, 0.5) is 0 Å². The topological polar surface area (TPSA) is 12.0 Å². The standard InChI is InChI=1S/C15H23NS/c1-5-7-16-15-12-8-10(3)11(4)9-14(12)17-13(15)6-2/h8-9,13,15-16H,5-7H2,1-4H3. The number of aryl methyl sites for hydroxylation is 2. The van der Waals surface area contributed by atoms with Crippen LogP contribution < -0.4 is 5.32 Å². The van der Waals surface area contributed by atoms with Crippen LogP contribution in [-0.2, 0) is 0 Å². The van der Waals surface area contributed by atoms with E-state index >= 15 is 0 Å². The number of rotatable bonds is 4. The minimum Gasteiger partial charge on any atom is -0.309 e. The Morgan fingerprint density at radius 2 is 1.88 bits per heavy atom. The minimum atomic E-state index is 0.555. The van der Waals surface area contributed by atoms with Crippen LogP contribution in [-0.4, -0.2) is 11.8 Å². The maximum atomic E-state index is 3.71. The first-order valence-electron chi connectivity index (χ1n) is 6.68. The van der Waals surface area contributed by atoms with Gasteiger partial charge in [0.2, 0.25) is 0 Å². The summed E-state index contributed by atoms with van der Waals surface area (Å²) in [5, 5.41) is 4.42. The summed E-state index contributed by atoms with van der Waals surface area (Å²) in [6.45, 7) is 10.1. The number of hydrogen-bond acceptors (Lipinski definition) is 2. The van der Waals surface area contributed by atoms with E-state index in [0.717, 1.165) is 6.54 Å². The second kappa shape index (κ2) is 5.45. The fourth-order valence-corrected chi connectivity index (χ4v) is 3.89. The van der Waals surface area contributed by atoms with Crippen molar-refractivity contribution in [2.24, 2.45) is 0 Å².